The number of halogens is 2. The molecule has 0 saturated carbocycles. The second kappa shape index (κ2) is 5.15. The molecule has 1 aromatic carbocycles. The van der Waals surface area contributed by atoms with Crippen molar-refractivity contribution in [2.24, 2.45) is 0 Å². The SMILES string of the molecule is CC(Cl)c1nc2cnccc2n1-c1ccc(C#N)cc1F. The highest BCUT2D eigenvalue weighted by Gasteiger charge is 2.18. The van der Waals surface area contributed by atoms with E-state index >= 15 is 0 Å². The molecule has 0 aliphatic carbocycles. The molecule has 0 bridgehead atoms. The largest absolute Gasteiger partial charge is 0.292 e. The lowest BCUT2D eigenvalue weighted by Crippen LogP contribution is -2.04. The number of hydrogen-bond acceptors (Lipinski definition) is 3. The summed E-state index contributed by atoms with van der Waals surface area (Å²) in [5.41, 5.74) is 1.94. The lowest BCUT2D eigenvalue weighted by Gasteiger charge is -2.11. The van der Waals surface area contributed by atoms with Gasteiger partial charge in [0.1, 0.15) is 17.2 Å². The van der Waals surface area contributed by atoms with Crippen LogP contribution in [0.4, 0.5) is 4.39 Å². The standard InChI is InChI=1S/C15H10ClFN4/c1-9(16)15-20-12-8-19-5-4-14(12)21(15)13-3-2-10(7-18)6-11(13)17/h2-6,8-9H,1H3. The van der Waals surface area contributed by atoms with Crippen LogP contribution in [0.3, 0.4) is 0 Å². The highest BCUT2D eigenvalue weighted by molar-refractivity contribution is 6.20. The minimum Gasteiger partial charge on any atom is -0.292 e. The summed E-state index contributed by atoms with van der Waals surface area (Å²) in [5.74, 6) is 0.0343. The average Bonchev–Trinajstić information content (AvgIpc) is 2.86. The fraction of sp³-hybridized carbons (Fsp3) is 0.133. The van der Waals surface area contributed by atoms with Gasteiger partial charge in [-0.05, 0) is 31.2 Å². The highest BCUT2D eigenvalue weighted by atomic mass is 35.5. The molecule has 3 rings (SSSR count). The molecule has 0 spiro atoms. The molecule has 21 heavy (non-hydrogen) atoms. The van der Waals surface area contributed by atoms with Gasteiger partial charge in [0.05, 0.1) is 34.4 Å². The first-order chi connectivity index (χ1) is 10.1. The first-order valence-electron chi connectivity index (χ1n) is 6.28. The molecule has 6 heteroatoms. The molecule has 2 heterocycles. The molecule has 0 amide bonds. The zero-order chi connectivity index (χ0) is 15.0. The Hall–Kier alpha value is -2.45. The van der Waals surface area contributed by atoms with Crippen molar-refractivity contribution in [3.05, 3.63) is 53.9 Å². The Morgan fingerprint density at radius 2 is 2.19 bits per heavy atom. The summed E-state index contributed by atoms with van der Waals surface area (Å²) in [6.07, 6.45) is 3.22. The van der Waals surface area contributed by atoms with Gasteiger partial charge in [0, 0.05) is 6.20 Å². The smallest absolute Gasteiger partial charge is 0.148 e. The number of nitriles is 1. The number of imidazole rings is 1. The molecule has 4 nitrogen and oxygen atoms in total. The number of fused-ring (bicyclic) bond motifs is 1. The maximum Gasteiger partial charge on any atom is 0.148 e. The Morgan fingerprint density at radius 1 is 1.38 bits per heavy atom. The van der Waals surface area contributed by atoms with Gasteiger partial charge in [0.15, 0.2) is 0 Å². The number of aromatic nitrogens is 3. The van der Waals surface area contributed by atoms with E-state index in [0.29, 0.717) is 17.0 Å². The van der Waals surface area contributed by atoms with Gasteiger partial charge in [-0.15, -0.1) is 11.6 Å². The van der Waals surface area contributed by atoms with E-state index in [1.807, 2.05) is 6.07 Å². The third-order valence-electron chi connectivity index (χ3n) is 3.16. The summed E-state index contributed by atoms with van der Waals surface area (Å²) in [4.78, 5) is 8.42. The Bertz CT molecular complexity index is 864. The lowest BCUT2D eigenvalue weighted by atomic mass is 10.2. The Morgan fingerprint density at radius 3 is 2.86 bits per heavy atom. The van der Waals surface area contributed by atoms with Crippen LogP contribution in [0, 0.1) is 17.1 Å². The van der Waals surface area contributed by atoms with E-state index in [1.54, 1.807) is 42.1 Å². The van der Waals surface area contributed by atoms with Crippen molar-refractivity contribution in [2.45, 2.75) is 12.3 Å². The van der Waals surface area contributed by atoms with Gasteiger partial charge >= 0.3 is 0 Å². The van der Waals surface area contributed by atoms with Gasteiger partial charge in [0.25, 0.3) is 0 Å². The fourth-order valence-electron chi connectivity index (χ4n) is 2.23. The summed E-state index contributed by atoms with van der Waals surface area (Å²) in [7, 11) is 0. The summed E-state index contributed by atoms with van der Waals surface area (Å²) in [6, 6.07) is 7.98. The molecule has 0 aliphatic heterocycles. The van der Waals surface area contributed by atoms with Crippen LogP contribution in [0.25, 0.3) is 16.7 Å². The van der Waals surface area contributed by atoms with Crippen LogP contribution in [0.15, 0.2) is 36.7 Å². The first-order valence-corrected chi connectivity index (χ1v) is 6.72. The molecule has 0 fully saturated rings. The van der Waals surface area contributed by atoms with E-state index in [1.165, 1.54) is 6.07 Å². The molecule has 0 aliphatic rings. The van der Waals surface area contributed by atoms with Crippen molar-refractivity contribution in [1.82, 2.24) is 14.5 Å². The minimum absolute atomic E-state index is 0.266. The van der Waals surface area contributed by atoms with Crippen LogP contribution in [-0.2, 0) is 0 Å². The molecular weight excluding hydrogens is 291 g/mol. The van der Waals surface area contributed by atoms with Gasteiger partial charge in [-0.3, -0.25) is 9.55 Å². The number of benzene rings is 1. The predicted octanol–water partition coefficient (Wildman–Crippen LogP) is 3.73. The Labute approximate surface area is 125 Å². The number of hydrogen-bond donors (Lipinski definition) is 0. The van der Waals surface area contributed by atoms with Crippen molar-refractivity contribution >= 4 is 22.6 Å². The van der Waals surface area contributed by atoms with Crippen molar-refractivity contribution in [2.75, 3.05) is 0 Å². The molecule has 1 atom stereocenters. The molecule has 2 aromatic heterocycles. The van der Waals surface area contributed by atoms with Gasteiger partial charge < -0.3 is 0 Å². The summed E-state index contributed by atoms with van der Waals surface area (Å²) < 4.78 is 16.0. The van der Waals surface area contributed by atoms with Crippen LogP contribution < -0.4 is 0 Å². The number of rotatable bonds is 2. The normalized spacial score (nSPS) is 12.3. The maximum atomic E-state index is 14.3. The predicted molar refractivity (Wildman–Crippen MR) is 77.8 cm³/mol. The third kappa shape index (κ3) is 2.24. The van der Waals surface area contributed by atoms with Gasteiger partial charge in [-0.1, -0.05) is 0 Å². The number of pyridine rings is 1. The number of nitrogens with zero attached hydrogens (tertiary/aromatic N) is 4. The zero-order valence-corrected chi connectivity index (χ0v) is 11.8. The van der Waals surface area contributed by atoms with E-state index in [2.05, 4.69) is 9.97 Å². The van der Waals surface area contributed by atoms with Crippen molar-refractivity contribution in [3.63, 3.8) is 0 Å². The Balaban J connectivity index is 2.33. The van der Waals surface area contributed by atoms with Crippen LogP contribution in [0.5, 0.6) is 0 Å². The van der Waals surface area contributed by atoms with Gasteiger partial charge in [-0.2, -0.15) is 5.26 Å². The van der Waals surface area contributed by atoms with Crippen LogP contribution >= 0.6 is 11.6 Å². The Kier molecular flexibility index (Phi) is 3.32. The molecule has 3 aromatic rings. The lowest BCUT2D eigenvalue weighted by molar-refractivity contribution is 0.616. The van der Waals surface area contributed by atoms with E-state index in [4.69, 9.17) is 16.9 Å². The van der Waals surface area contributed by atoms with Crippen LogP contribution in [0.2, 0.25) is 0 Å². The zero-order valence-electron chi connectivity index (χ0n) is 11.1. The highest BCUT2D eigenvalue weighted by Crippen LogP contribution is 2.29. The molecule has 0 radical (unpaired) electrons. The first kappa shape index (κ1) is 13.5. The average molecular weight is 301 g/mol. The maximum absolute atomic E-state index is 14.3. The van der Waals surface area contributed by atoms with E-state index in [9.17, 15) is 4.39 Å². The molecule has 0 N–H and O–H groups in total. The third-order valence-corrected chi connectivity index (χ3v) is 3.35. The van der Waals surface area contributed by atoms with E-state index in [0.717, 1.165) is 5.52 Å². The van der Waals surface area contributed by atoms with Gasteiger partial charge in [-0.25, -0.2) is 9.37 Å². The second-order valence-corrected chi connectivity index (χ2v) is 5.22. The van der Waals surface area contributed by atoms with E-state index in [-0.39, 0.29) is 5.56 Å². The van der Waals surface area contributed by atoms with Crippen LogP contribution in [-0.4, -0.2) is 14.5 Å². The van der Waals surface area contributed by atoms with Crippen molar-refractivity contribution in [3.8, 4) is 11.8 Å². The fourth-order valence-corrected chi connectivity index (χ4v) is 2.38. The molecular formula is C15H10ClFN4. The summed E-state index contributed by atoms with van der Waals surface area (Å²) in [6.45, 7) is 1.77. The second-order valence-electron chi connectivity index (χ2n) is 4.56. The van der Waals surface area contributed by atoms with E-state index < -0.39 is 11.2 Å². The topological polar surface area (TPSA) is 54.5 Å². The number of alkyl halides is 1. The minimum atomic E-state index is -0.497. The quantitative estimate of drug-likeness (QED) is 0.678. The summed E-state index contributed by atoms with van der Waals surface area (Å²) >= 11 is 6.16. The molecule has 104 valence electrons. The monoisotopic (exact) mass is 300 g/mol. The van der Waals surface area contributed by atoms with Crippen molar-refractivity contribution < 1.29 is 4.39 Å². The van der Waals surface area contributed by atoms with Gasteiger partial charge in [0.2, 0.25) is 0 Å². The van der Waals surface area contributed by atoms with Crippen LogP contribution in [0.1, 0.15) is 23.7 Å². The van der Waals surface area contributed by atoms with Crippen molar-refractivity contribution in [1.29, 1.82) is 5.26 Å². The molecule has 0 saturated heterocycles. The summed E-state index contributed by atoms with van der Waals surface area (Å²) in [5, 5.41) is 8.44. The molecule has 1 unspecified atom stereocenters.